The molecule has 2 aliphatic heterocycles. The molecule has 0 radical (unpaired) electrons. The molecular weight excluding hydrogens is 506 g/mol. The monoisotopic (exact) mass is 512 g/mol. The topological polar surface area (TPSA) is 113 Å². The minimum atomic E-state index is -1.80. The SMILES string of the molecule is O=C(O)c1cc(Cl)c2c(c1Cl)C(=O)OC21c2cc(Cl)c(O)cc2Oc2cc(O)c(Cl)cc21. The van der Waals surface area contributed by atoms with Gasteiger partial charge in [0.1, 0.15) is 23.0 Å². The molecule has 1 spiro atoms. The number of fused-ring (bicyclic) bond motifs is 6. The number of carboxylic acid groups (broad SMARTS) is 1. The van der Waals surface area contributed by atoms with Crippen molar-refractivity contribution >= 4 is 58.3 Å². The number of carbonyl (C=O) groups excluding carboxylic acids is 1. The number of hydrogen-bond acceptors (Lipinski definition) is 6. The summed E-state index contributed by atoms with van der Waals surface area (Å²) in [5.74, 6) is -2.84. The lowest BCUT2D eigenvalue weighted by atomic mass is 9.77. The van der Waals surface area contributed by atoms with E-state index >= 15 is 0 Å². The van der Waals surface area contributed by atoms with Crippen LogP contribution in [0.4, 0.5) is 0 Å². The zero-order chi connectivity index (χ0) is 23.1. The Morgan fingerprint density at radius 2 is 1.38 bits per heavy atom. The van der Waals surface area contributed by atoms with Crippen LogP contribution >= 0.6 is 46.4 Å². The summed E-state index contributed by atoms with van der Waals surface area (Å²) in [5.41, 5.74) is -2.02. The predicted molar refractivity (Wildman–Crippen MR) is 115 cm³/mol. The first-order valence-electron chi connectivity index (χ1n) is 8.79. The summed E-state index contributed by atoms with van der Waals surface area (Å²) >= 11 is 25.1. The van der Waals surface area contributed by atoms with Crippen molar-refractivity contribution in [2.45, 2.75) is 5.60 Å². The van der Waals surface area contributed by atoms with Crippen LogP contribution in [0.2, 0.25) is 20.1 Å². The van der Waals surface area contributed by atoms with E-state index in [4.69, 9.17) is 55.9 Å². The van der Waals surface area contributed by atoms with E-state index in [-0.39, 0.29) is 70.9 Å². The van der Waals surface area contributed by atoms with Crippen molar-refractivity contribution in [3.63, 3.8) is 0 Å². The van der Waals surface area contributed by atoms with Gasteiger partial charge in [-0.25, -0.2) is 9.59 Å². The van der Waals surface area contributed by atoms with Crippen molar-refractivity contribution in [3.8, 4) is 23.0 Å². The van der Waals surface area contributed by atoms with E-state index in [0.717, 1.165) is 6.07 Å². The van der Waals surface area contributed by atoms with E-state index in [1.165, 1.54) is 24.3 Å². The van der Waals surface area contributed by atoms with E-state index in [1.807, 2.05) is 0 Å². The van der Waals surface area contributed by atoms with Gasteiger partial charge in [0.2, 0.25) is 0 Å². The van der Waals surface area contributed by atoms with Crippen molar-refractivity contribution in [3.05, 3.63) is 78.2 Å². The van der Waals surface area contributed by atoms with Crippen molar-refractivity contribution in [2.75, 3.05) is 0 Å². The molecule has 0 bridgehead atoms. The smallest absolute Gasteiger partial charge is 0.341 e. The van der Waals surface area contributed by atoms with Gasteiger partial charge < -0.3 is 24.8 Å². The van der Waals surface area contributed by atoms with E-state index < -0.39 is 17.5 Å². The predicted octanol–water partition coefficient (Wildman–Crippen LogP) is 5.98. The van der Waals surface area contributed by atoms with Crippen molar-refractivity contribution in [2.24, 2.45) is 0 Å². The zero-order valence-electron chi connectivity index (χ0n) is 15.4. The molecule has 32 heavy (non-hydrogen) atoms. The molecule has 11 heteroatoms. The molecule has 0 aromatic heterocycles. The first-order chi connectivity index (χ1) is 15.1. The number of phenolic OH excluding ortho intramolecular Hbond substituents is 2. The highest BCUT2D eigenvalue weighted by atomic mass is 35.5. The second-order valence-corrected chi connectivity index (χ2v) is 8.65. The maximum Gasteiger partial charge on any atom is 0.341 e. The fourth-order valence-corrected chi connectivity index (χ4v) is 4.98. The quantitative estimate of drug-likeness (QED) is 0.343. The highest BCUT2D eigenvalue weighted by molar-refractivity contribution is 6.39. The Hall–Kier alpha value is -2.84. The van der Waals surface area contributed by atoms with Crippen LogP contribution in [-0.2, 0) is 10.3 Å². The summed E-state index contributed by atoms with van der Waals surface area (Å²) in [5, 5.41) is 29.0. The van der Waals surface area contributed by atoms with E-state index in [9.17, 15) is 24.9 Å². The maximum atomic E-state index is 13.0. The molecule has 2 heterocycles. The number of ether oxygens (including phenoxy) is 2. The van der Waals surface area contributed by atoms with Gasteiger partial charge in [-0.1, -0.05) is 46.4 Å². The molecule has 0 saturated heterocycles. The van der Waals surface area contributed by atoms with Gasteiger partial charge in [-0.3, -0.25) is 0 Å². The van der Waals surface area contributed by atoms with Gasteiger partial charge in [0.25, 0.3) is 0 Å². The standard InChI is InChI=1S/C21H8Cl4O7/c22-9-2-7-14(4-12(9)26)31-15-5-13(27)10(23)3-8(15)21(7)17-11(24)1-6(19(28)29)18(25)16(17)20(30)32-21/h1-5,26-27H,(H,28,29). The molecule has 162 valence electrons. The second-order valence-electron chi connectivity index (χ2n) is 7.05. The number of esters is 1. The Balaban J connectivity index is 1.97. The molecule has 5 rings (SSSR count). The summed E-state index contributed by atoms with van der Waals surface area (Å²) in [7, 11) is 0. The summed E-state index contributed by atoms with van der Waals surface area (Å²) in [4.78, 5) is 24.7. The molecule has 7 nitrogen and oxygen atoms in total. The zero-order valence-corrected chi connectivity index (χ0v) is 18.4. The Bertz CT molecular complexity index is 1340. The molecular formula is C21H8Cl4O7. The largest absolute Gasteiger partial charge is 0.506 e. The summed E-state index contributed by atoms with van der Waals surface area (Å²) < 4.78 is 11.7. The Labute approximate surface area is 199 Å². The van der Waals surface area contributed by atoms with Crippen LogP contribution in [0.3, 0.4) is 0 Å². The molecule has 0 fully saturated rings. The van der Waals surface area contributed by atoms with Crippen LogP contribution in [0.25, 0.3) is 0 Å². The van der Waals surface area contributed by atoms with Crippen LogP contribution in [0.1, 0.15) is 37.4 Å². The van der Waals surface area contributed by atoms with E-state index in [0.29, 0.717) is 0 Å². The lowest BCUT2D eigenvalue weighted by Crippen LogP contribution is -2.33. The third kappa shape index (κ3) is 2.62. The van der Waals surface area contributed by atoms with Crippen LogP contribution in [0.5, 0.6) is 23.0 Å². The molecule has 3 aromatic carbocycles. The summed E-state index contributed by atoms with van der Waals surface area (Å²) in [6.07, 6.45) is 0. The van der Waals surface area contributed by atoms with Crippen LogP contribution in [0.15, 0.2) is 30.3 Å². The molecule has 0 aliphatic carbocycles. The molecule has 0 unspecified atom stereocenters. The number of carbonyl (C=O) groups is 2. The molecule has 3 aromatic rings. The van der Waals surface area contributed by atoms with E-state index in [1.54, 1.807) is 0 Å². The number of benzene rings is 3. The van der Waals surface area contributed by atoms with Gasteiger partial charge in [-0.15, -0.1) is 0 Å². The number of hydrogen-bond donors (Lipinski definition) is 3. The Morgan fingerprint density at radius 3 is 1.88 bits per heavy atom. The number of phenols is 2. The van der Waals surface area contributed by atoms with Crippen LogP contribution < -0.4 is 4.74 Å². The first-order valence-corrected chi connectivity index (χ1v) is 10.3. The highest BCUT2D eigenvalue weighted by Crippen LogP contribution is 2.60. The fourth-order valence-electron chi connectivity index (χ4n) is 4.01. The van der Waals surface area contributed by atoms with Crippen LogP contribution in [-0.4, -0.2) is 27.3 Å². The molecule has 2 aliphatic rings. The van der Waals surface area contributed by atoms with E-state index in [2.05, 4.69) is 0 Å². The average molecular weight is 514 g/mol. The van der Waals surface area contributed by atoms with Crippen molar-refractivity contribution < 1.29 is 34.4 Å². The lowest BCUT2D eigenvalue weighted by Gasteiger charge is -2.37. The summed E-state index contributed by atoms with van der Waals surface area (Å²) in [6, 6.07) is 6.18. The first kappa shape index (κ1) is 21.0. The third-order valence-electron chi connectivity index (χ3n) is 5.32. The molecule has 0 saturated carbocycles. The second kappa shape index (κ2) is 6.83. The third-order valence-corrected chi connectivity index (χ3v) is 6.62. The minimum absolute atomic E-state index is 0.0495. The van der Waals surface area contributed by atoms with Gasteiger partial charge in [-0.05, 0) is 18.2 Å². The van der Waals surface area contributed by atoms with Crippen LogP contribution in [0, 0.1) is 0 Å². The number of aromatic hydroxyl groups is 2. The maximum absolute atomic E-state index is 13.0. The highest BCUT2D eigenvalue weighted by Gasteiger charge is 2.56. The molecule has 0 atom stereocenters. The van der Waals surface area contributed by atoms with Gasteiger partial charge in [0.15, 0.2) is 5.60 Å². The molecule has 3 N–H and O–H groups in total. The summed E-state index contributed by atoms with van der Waals surface area (Å²) in [6.45, 7) is 0. The normalized spacial score (nSPS) is 14.9. The van der Waals surface area contributed by atoms with Crippen molar-refractivity contribution in [1.82, 2.24) is 0 Å². The van der Waals surface area contributed by atoms with Gasteiger partial charge >= 0.3 is 11.9 Å². The van der Waals surface area contributed by atoms with Gasteiger partial charge in [0.05, 0.1) is 31.2 Å². The minimum Gasteiger partial charge on any atom is -0.506 e. The number of halogens is 4. The number of carboxylic acids is 1. The van der Waals surface area contributed by atoms with Gasteiger partial charge in [0, 0.05) is 28.8 Å². The molecule has 0 amide bonds. The lowest BCUT2D eigenvalue weighted by molar-refractivity contribution is 0.0224. The number of rotatable bonds is 1. The van der Waals surface area contributed by atoms with Crippen molar-refractivity contribution in [1.29, 1.82) is 0 Å². The number of aromatic carboxylic acids is 1. The Morgan fingerprint density at radius 1 is 0.844 bits per heavy atom. The van der Waals surface area contributed by atoms with Gasteiger partial charge in [-0.2, -0.15) is 0 Å². The fraction of sp³-hybridized carbons (Fsp3) is 0.0476. The average Bonchev–Trinajstić information content (AvgIpc) is 3.03. The Kier molecular flexibility index (Phi) is 4.49.